The van der Waals surface area contributed by atoms with E-state index < -0.39 is 0 Å². The second-order valence-electron chi connectivity index (χ2n) is 4.01. The van der Waals surface area contributed by atoms with E-state index in [2.05, 4.69) is 15.3 Å². The van der Waals surface area contributed by atoms with Crippen molar-refractivity contribution >= 4 is 0 Å². The number of hydrogen-bond acceptors (Lipinski definition) is 5. The summed E-state index contributed by atoms with van der Waals surface area (Å²) in [4.78, 5) is 8.37. The van der Waals surface area contributed by atoms with Crippen LogP contribution >= 0.6 is 0 Å². The first-order valence-electron chi connectivity index (χ1n) is 6.17. The maximum atomic E-state index is 8.64. The van der Waals surface area contributed by atoms with Crippen molar-refractivity contribution < 1.29 is 9.84 Å². The van der Waals surface area contributed by atoms with E-state index in [0.717, 1.165) is 5.56 Å². The van der Waals surface area contributed by atoms with Crippen LogP contribution in [0.15, 0.2) is 42.7 Å². The molecule has 0 saturated carbocycles. The van der Waals surface area contributed by atoms with Crippen LogP contribution in [-0.2, 0) is 13.2 Å². The molecule has 0 radical (unpaired) electrons. The van der Waals surface area contributed by atoms with Gasteiger partial charge in [-0.3, -0.25) is 0 Å². The third-order valence-corrected chi connectivity index (χ3v) is 2.50. The normalized spacial score (nSPS) is 10.4. The second-order valence-corrected chi connectivity index (χ2v) is 4.01. The van der Waals surface area contributed by atoms with Crippen molar-refractivity contribution in [1.82, 2.24) is 15.3 Å². The molecule has 2 aromatic rings. The highest BCUT2D eigenvalue weighted by Gasteiger charge is 1.99. The molecule has 100 valence electrons. The summed E-state index contributed by atoms with van der Waals surface area (Å²) in [6, 6.07) is 9.94. The Morgan fingerprint density at radius 1 is 1.11 bits per heavy atom. The largest absolute Gasteiger partial charge is 0.486 e. The highest BCUT2D eigenvalue weighted by Crippen LogP contribution is 2.09. The molecule has 1 heterocycles. The summed E-state index contributed by atoms with van der Waals surface area (Å²) in [5.74, 6) is 1.33. The molecule has 0 bridgehead atoms. The molecule has 0 saturated heterocycles. The van der Waals surface area contributed by atoms with Gasteiger partial charge in [-0.05, 0) is 5.56 Å². The molecule has 0 fully saturated rings. The topological polar surface area (TPSA) is 67.3 Å². The lowest BCUT2D eigenvalue weighted by Crippen LogP contribution is -2.18. The van der Waals surface area contributed by atoms with Crippen molar-refractivity contribution in [2.24, 2.45) is 0 Å². The molecule has 0 spiro atoms. The Kier molecular flexibility index (Phi) is 5.28. The molecule has 0 atom stereocenters. The van der Waals surface area contributed by atoms with Crippen molar-refractivity contribution in [3.05, 3.63) is 54.1 Å². The van der Waals surface area contributed by atoms with Gasteiger partial charge in [-0.2, -0.15) is 0 Å². The SMILES string of the molecule is OCCNCc1ncc(OCc2ccccc2)cn1. The molecular weight excluding hydrogens is 242 g/mol. The number of ether oxygens (including phenoxy) is 1. The predicted molar refractivity (Wildman–Crippen MR) is 71.6 cm³/mol. The lowest BCUT2D eigenvalue weighted by atomic mass is 10.2. The smallest absolute Gasteiger partial charge is 0.156 e. The number of benzene rings is 1. The number of aromatic nitrogens is 2. The molecule has 5 nitrogen and oxygen atoms in total. The van der Waals surface area contributed by atoms with Crippen LogP contribution in [0.5, 0.6) is 5.75 Å². The van der Waals surface area contributed by atoms with Crippen molar-refractivity contribution in [3.8, 4) is 5.75 Å². The molecule has 1 aromatic carbocycles. The van der Waals surface area contributed by atoms with Gasteiger partial charge in [0.1, 0.15) is 12.4 Å². The molecular formula is C14H17N3O2. The van der Waals surface area contributed by atoms with E-state index in [1.54, 1.807) is 12.4 Å². The monoisotopic (exact) mass is 259 g/mol. The van der Waals surface area contributed by atoms with Crippen molar-refractivity contribution in [1.29, 1.82) is 0 Å². The fourth-order valence-electron chi connectivity index (χ4n) is 1.53. The van der Waals surface area contributed by atoms with E-state index in [0.29, 0.717) is 31.3 Å². The molecule has 2 N–H and O–H groups in total. The summed E-state index contributed by atoms with van der Waals surface area (Å²) in [6.45, 7) is 1.69. The minimum Gasteiger partial charge on any atom is -0.486 e. The Bertz CT molecular complexity index is 474. The average molecular weight is 259 g/mol. The zero-order valence-corrected chi connectivity index (χ0v) is 10.6. The number of nitrogens with one attached hydrogen (secondary N) is 1. The number of aliphatic hydroxyl groups excluding tert-OH is 1. The zero-order valence-electron chi connectivity index (χ0n) is 10.6. The van der Waals surface area contributed by atoms with Gasteiger partial charge in [0.2, 0.25) is 0 Å². The van der Waals surface area contributed by atoms with E-state index in [4.69, 9.17) is 9.84 Å². The molecule has 2 rings (SSSR count). The van der Waals surface area contributed by atoms with Crippen molar-refractivity contribution in [3.63, 3.8) is 0 Å². The Labute approximate surface area is 112 Å². The van der Waals surface area contributed by atoms with Crippen LogP contribution in [0.1, 0.15) is 11.4 Å². The Morgan fingerprint density at radius 2 is 1.84 bits per heavy atom. The van der Waals surface area contributed by atoms with E-state index in [9.17, 15) is 0 Å². The molecule has 0 unspecified atom stereocenters. The van der Waals surface area contributed by atoms with Crippen LogP contribution in [0.25, 0.3) is 0 Å². The van der Waals surface area contributed by atoms with Gasteiger partial charge in [0.05, 0.1) is 25.5 Å². The molecule has 19 heavy (non-hydrogen) atoms. The van der Waals surface area contributed by atoms with Crippen LogP contribution < -0.4 is 10.1 Å². The zero-order chi connectivity index (χ0) is 13.3. The highest BCUT2D eigenvalue weighted by molar-refractivity contribution is 5.17. The van der Waals surface area contributed by atoms with Crippen LogP contribution in [0.3, 0.4) is 0 Å². The third-order valence-electron chi connectivity index (χ3n) is 2.50. The van der Waals surface area contributed by atoms with Crippen molar-refractivity contribution in [2.45, 2.75) is 13.2 Å². The summed E-state index contributed by atoms with van der Waals surface area (Å²) >= 11 is 0. The van der Waals surface area contributed by atoms with Gasteiger partial charge >= 0.3 is 0 Å². The van der Waals surface area contributed by atoms with Gasteiger partial charge in [0.25, 0.3) is 0 Å². The van der Waals surface area contributed by atoms with Crippen LogP contribution in [-0.4, -0.2) is 28.2 Å². The molecule has 0 aliphatic carbocycles. The molecule has 1 aromatic heterocycles. The lowest BCUT2D eigenvalue weighted by molar-refractivity contribution is 0.291. The number of nitrogens with zero attached hydrogens (tertiary/aromatic N) is 2. The fourth-order valence-corrected chi connectivity index (χ4v) is 1.53. The first-order valence-corrected chi connectivity index (χ1v) is 6.17. The highest BCUT2D eigenvalue weighted by atomic mass is 16.5. The Hall–Kier alpha value is -1.98. The standard InChI is InChI=1S/C14H17N3O2/c18-7-6-15-10-14-16-8-13(9-17-14)19-11-12-4-2-1-3-5-12/h1-5,8-9,15,18H,6-7,10-11H2. The molecule has 0 aliphatic heterocycles. The molecule has 0 aliphatic rings. The first-order chi connectivity index (χ1) is 9.38. The van der Waals surface area contributed by atoms with Crippen molar-refractivity contribution in [2.75, 3.05) is 13.2 Å². The fraction of sp³-hybridized carbons (Fsp3) is 0.286. The van der Waals surface area contributed by atoms with Gasteiger partial charge in [0, 0.05) is 6.54 Å². The third kappa shape index (κ3) is 4.65. The van der Waals surface area contributed by atoms with Gasteiger partial charge < -0.3 is 15.2 Å². The molecule has 0 amide bonds. The van der Waals surface area contributed by atoms with Gasteiger partial charge in [-0.15, -0.1) is 0 Å². The van der Waals surface area contributed by atoms with E-state index in [-0.39, 0.29) is 6.61 Å². The minimum atomic E-state index is 0.109. The predicted octanol–water partition coefficient (Wildman–Crippen LogP) is 1.14. The summed E-state index contributed by atoms with van der Waals surface area (Å²) in [7, 11) is 0. The summed E-state index contributed by atoms with van der Waals surface area (Å²) in [6.07, 6.45) is 3.32. The number of rotatable bonds is 7. The summed E-state index contributed by atoms with van der Waals surface area (Å²) in [5, 5.41) is 11.7. The van der Waals surface area contributed by atoms with E-state index in [1.165, 1.54) is 0 Å². The quantitative estimate of drug-likeness (QED) is 0.730. The summed E-state index contributed by atoms with van der Waals surface area (Å²) in [5.41, 5.74) is 1.11. The van der Waals surface area contributed by atoms with Crippen LogP contribution in [0, 0.1) is 0 Å². The second kappa shape index (κ2) is 7.45. The maximum Gasteiger partial charge on any atom is 0.156 e. The number of hydrogen-bond donors (Lipinski definition) is 2. The van der Waals surface area contributed by atoms with Gasteiger partial charge in [-0.1, -0.05) is 30.3 Å². The van der Waals surface area contributed by atoms with Crippen LogP contribution in [0.2, 0.25) is 0 Å². The van der Waals surface area contributed by atoms with Gasteiger partial charge in [-0.25, -0.2) is 9.97 Å². The van der Waals surface area contributed by atoms with E-state index in [1.807, 2.05) is 30.3 Å². The lowest BCUT2D eigenvalue weighted by Gasteiger charge is -2.06. The number of aliphatic hydroxyl groups is 1. The summed E-state index contributed by atoms with van der Waals surface area (Å²) < 4.78 is 5.59. The maximum absolute atomic E-state index is 8.64. The first kappa shape index (κ1) is 13.5. The Morgan fingerprint density at radius 3 is 2.53 bits per heavy atom. The minimum absolute atomic E-state index is 0.109. The average Bonchev–Trinajstić information content (AvgIpc) is 2.48. The Balaban J connectivity index is 1.81. The van der Waals surface area contributed by atoms with Gasteiger partial charge in [0.15, 0.2) is 5.75 Å². The van der Waals surface area contributed by atoms with Crippen LogP contribution in [0.4, 0.5) is 0 Å². The van der Waals surface area contributed by atoms with E-state index >= 15 is 0 Å². The molecule has 5 heteroatoms.